The van der Waals surface area contributed by atoms with Gasteiger partial charge in [0.1, 0.15) is 11.4 Å². The Labute approximate surface area is 120 Å². The molecule has 3 aliphatic heterocycles. The molecule has 3 heteroatoms. The molecule has 0 unspecified atom stereocenters. The molecule has 0 bridgehead atoms. The molecule has 1 spiro atoms. The number of allylic oxidation sites excluding steroid dienone is 1. The summed E-state index contributed by atoms with van der Waals surface area (Å²) < 4.78 is 6.28. The van der Waals surface area contributed by atoms with E-state index in [4.69, 9.17) is 4.74 Å². The van der Waals surface area contributed by atoms with Gasteiger partial charge in [-0.2, -0.15) is 0 Å². The maximum absolute atomic E-state index is 6.28. The maximum Gasteiger partial charge on any atom is 0.123 e. The van der Waals surface area contributed by atoms with Crippen LogP contribution in [0.2, 0.25) is 0 Å². The van der Waals surface area contributed by atoms with Gasteiger partial charge < -0.3 is 4.74 Å². The summed E-state index contributed by atoms with van der Waals surface area (Å²) in [4.78, 5) is 6.92. The Hall–Kier alpha value is -1.61. The molecule has 0 aliphatic carbocycles. The highest BCUT2D eigenvalue weighted by molar-refractivity contribution is 5.64. The molecule has 3 nitrogen and oxygen atoms in total. The number of rotatable bonds is 2. The van der Waals surface area contributed by atoms with Crippen LogP contribution in [0.3, 0.4) is 0 Å². The second-order valence-electron chi connectivity index (χ2n) is 6.09. The first-order valence-corrected chi connectivity index (χ1v) is 7.54. The van der Waals surface area contributed by atoms with Crippen molar-refractivity contribution in [2.75, 3.05) is 19.6 Å². The molecule has 0 saturated carbocycles. The molecule has 20 heavy (non-hydrogen) atoms. The summed E-state index contributed by atoms with van der Waals surface area (Å²) >= 11 is 0. The van der Waals surface area contributed by atoms with Gasteiger partial charge in [-0.25, -0.2) is 0 Å². The lowest BCUT2D eigenvalue weighted by Crippen LogP contribution is -2.47. The van der Waals surface area contributed by atoms with Crippen LogP contribution in [0.5, 0.6) is 5.75 Å². The highest BCUT2D eigenvalue weighted by atomic mass is 16.5. The van der Waals surface area contributed by atoms with E-state index in [2.05, 4.69) is 40.2 Å². The first kappa shape index (κ1) is 12.2. The Balaban J connectivity index is 1.39. The topological polar surface area (TPSA) is 24.8 Å². The van der Waals surface area contributed by atoms with E-state index < -0.39 is 0 Å². The van der Waals surface area contributed by atoms with Crippen molar-refractivity contribution in [3.8, 4) is 5.75 Å². The van der Waals surface area contributed by atoms with Crippen LogP contribution in [0.1, 0.15) is 24.8 Å². The van der Waals surface area contributed by atoms with E-state index in [9.17, 15) is 0 Å². The summed E-state index contributed by atoms with van der Waals surface area (Å²) in [6.45, 7) is 3.22. The SMILES string of the molecule is C1=NC(CN2CCC3(CC2)Cc2ccccc2O3)=CC1. The van der Waals surface area contributed by atoms with Gasteiger partial charge in [-0.1, -0.05) is 24.3 Å². The fraction of sp³-hybridized carbons (Fsp3) is 0.471. The minimum atomic E-state index is 0.0630. The molecule has 0 aromatic heterocycles. The van der Waals surface area contributed by atoms with Gasteiger partial charge in [-0.15, -0.1) is 0 Å². The highest BCUT2D eigenvalue weighted by Crippen LogP contribution is 2.40. The molecular formula is C17H20N2O. The summed E-state index contributed by atoms with van der Waals surface area (Å²) in [6, 6.07) is 8.49. The Morgan fingerprint density at radius 1 is 1.20 bits per heavy atom. The Kier molecular flexibility index (Phi) is 2.88. The van der Waals surface area contributed by atoms with E-state index >= 15 is 0 Å². The Bertz CT molecular complexity index is 541. The molecule has 0 N–H and O–H groups in total. The van der Waals surface area contributed by atoms with Gasteiger partial charge in [0.15, 0.2) is 0 Å². The third-order valence-electron chi connectivity index (χ3n) is 4.68. The van der Waals surface area contributed by atoms with Crippen molar-refractivity contribution in [3.05, 3.63) is 41.6 Å². The zero-order chi connectivity index (χ0) is 13.4. The van der Waals surface area contributed by atoms with Crippen LogP contribution < -0.4 is 4.74 Å². The number of nitrogens with zero attached hydrogens (tertiary/aromatic N) is 2. The minimum absolute atomic E-state index is 0.0630. The van der Waals surface area contributed by atoms with Crippen LogP contribution in [0, 0.1) is 0 Å². The second kappa shape index (κ2) is 4.74. The molecule has 0 radical (unpaired) electrons. The summed E-state index contributed by atoms with van der Waals surface area (Å²) in [5.74, 6) is 1.10. The summed E-state index contributed by atoms with van der Waals surface area (Å²) in [5, 5.41) is 0. The van der Waals surface area contributed by atoms with E-state index in [1.807, 2.05) is 6.21 Å². The van der Waals surface area contributed by atoms with Crippen molar-refractivity contribution in [3.63, 3.8) is 0 Å². The molecule has 4 rings (SSSR count). The van der Waals surface area contributed by atoms with Crippen LogP contribution >= 0.6 is 0 Å². The normalized spacial score (nSPS) is 23.7. The third kappa shape index (κ3) is 2.16. The minimum Gasteiger partial charge on any atom is -0.487 e. The van der Waals surface area contributed by atoms with Gasteiger partial charge in [0.25, 0.3) is 0 Å². The third-order valence-corrected chi connectivity index (χ3v) is 4.68. The van der Waals surface area contributed by atoms with Gasteiger partial charge in [0.2, 0.25) is 0 Å². The standard InChI is InChI=1S/C17H20N2O/c1-2-6-16-14(4-1)12-17(20-16)7-10-19(11-8-17)13-15-5-3-9-18-15/h1-2,4-6,9H,3,7-8,10-13H2. The predicted molar refractivity (Wildman–Crippen MR) is 80.4 cm³/mol. The monoisotopic (exact) mass is 268 g/mol. The number of fused-ring (bicyclic) bond motifs is 1. The van der Waals surface area contributed by atoms with E-state index in [1.54, 1.807) is 0 Å². The lowest BCUT2D eigenvalue weighted by Gasteiger charge is -2.38. The van der Waals surface area contributed by atoms with E-state index in [-0.39, 0.29) is 5.60 Å². The quantitative estimate of drug-likeness (QED) is 0.824. The van der Waals surface area contributed by atoms with Crippen molar-refractivity contribution in [2.24, 2.45) is 4.99 Å². The van der Waals surface area contributed by atoms with Gasteiger partial charge in [0.05, 0.1) is 5.70 Å². The number of piperidine rings is 1. The number of benzene rings is 1. The summed E-state index contributed by atoms with van der Waals surface area (Å²) in [5.41, 5.74) is 2.67. The predicted octanol–water partition coefficient (Wildman–Crippen LogP) is 2.81. The fourth-order valence-corrected chi connectivity index (χ4v) is 3.51. The maximum atomic E-state index is 6.28. The molecular weight excluding hydrogens is 248 g/mol. The lowest BCUT2D eigenvalue weighted by atomic mass is 9.87. The smallest absolute Gasteiger partial charge is 0.123 e. The number of hydrogen-bond donors (Lipinski definition) is 0. The summed E-state index contributed by atoms with van der Waals surface area (Å²) in [7, 11) is 0. The van der Waals surface area contributed by atoms with E-state index in [0.717, 1.165) is 51.1 Å². The molecule has 0 atom stereocenters. The number of ether oxygens (including phenoxy) is 1. The Morgan fingerprint density at radius 3 is 2.80 bits per heavy atom. The van der Waals surface area contributed by atoms with Crippen molar-refractivity contribution in [1.82, 2.24) is 4.90 Å². The first-order valence-electron chi connectivity index (χ1n) is 7.54. The van der Waals surface area contributed by atoms with Crippen LogP contribution in [-0.2, 0) is 6.42 Å². The highest BCUT2D eigenvalue weighted by Gasteiger charge is 2.41. The summed E-state index contributed by atoms with van der Waals surface area (Å²) in [6.07, 6.45) is 8.56. The molecule has 1 saturated heterocycles. The molecule has 3 heterocycles. The van der Waals surface area contributed by atoms with Gasteiger partial charge >= 0.3 is 0 Å². The average Bonchev–Trinajstić information content (AvgIpc) is 3.09. The second-order valence-corrected chi connectivity index (χ2v) is 6.09. The zero-order valence-electron chi connectivity index (χ0n) is 11.7. The molecule has 3 aliphatic rings. The number of para-hydroxylation sites is 1. The van der Waals surface area contributed by atoms with Crippen LogP contribution in [0.25, 0.3) is 0 Å². The van der Waals surface area contributed by atoms with Gasteiger partial charge in [0, 0.05) is 51.5 Å². The van der Waals surface area contributed by atoms with Crippen molar-refractivity contribution in [1.29, 1.82) is 0 Å². The van der Waals surface area contributed by atoms with Crippen LogP contribution in [-0.4, -0.2) is 36.3 Å². The van der Waals surface area contributed by atoms with Gasteiger partial charge in [-0.3, -0.25) is 9.89 Å². The van der Waals surface area contributed by atoms with E-state index in [1.165, 1.54) is 11.3 Å². The Morgan fingerprint density at radius 2 is 2.05 bits per heavy atom. The van der Waals surface area contributed by atoms with Crippen molar-refractivity contribution >= 4 is 6.21 Å². The first-order chi connectivity index (χ1) is 9.83. The molecule has 1 aromatic carbocycles. The fourth-order valence-electron chi connectivity index (χ4n) is 3.51. The van der Waals surface area contributed by atoms with Gasteiger partial charge in [-0.05, 0) is 11.6 Å². The van der Waals surface area contributed by atoms with Crippen molar-refractivity contribution < 1.29 is 4.74 Å². The van der Waals surface area contributed by atoms with Crippen LogP contribution in [0.4, 0.5) is 0 Å². The number of aliphatic imine (C=N–C) groups is 1. The molecule has 1 aromatic rings. The lowest BCUT2D eigenvalue weighted by molar-refractivity contribution is 0.0221. The molecule has 104 valence electrons. The van der Waals surface area contributed by atoms with Crippen LogP contribution in [0.15, 0.2) is 41.0 Å². The largest absolute Gasteiger partial charge is 0.487 e. The molecule has 1 fully saturated rings. The van der Waals surface area contributed by atoms with Crippen molar-refractivity contribution in [2.45, 2.75) is 31.3 Å². The number of likely N-dealkylation sites (tertiary alicyclic amines) is 1. The zero-order valence-corrected chi connectivity index (χ0v) is 11.7. The molecule has 0 amide bonds. The van der Waals surface area contributed by atoms with E-state index in [0.29, 0.717) is 0 Å². The number of hydrogen-bond acceptors (Lipinski definition) is 3. The average molecular weight is 268 g/mol.